The Morgan fingerprint density at radius 1 is 0.976 bits per heavy atom. The van der Waals surface area contributed by atoms with Gasteiger partial charge in [0.2, 0.25) is 0 Å². The van der Waals surface area contributed by atoms with E-state index in [1.54, 1.807) is 21.1 Å². The fourth-order valence-corrected chi connectivity index (χ4v) is 5.65. The number of piperidine rings is 1. The van der Waals surface area contributed by atoms with Crippen LogP contribution >= 0.6 is 0 Å². The van der Waals surface area contributed by atoms with Crippen molar-refractivity contribution in [1.29, 1.82) is 0 Å². The molecule has 0 saturated carbocycles. The highest BCUT2D eigenvalue weighted by Gasteiger charge is 2.36. The predicted molar refractivity (Wildman–Crippen MR) is 164 cm³/mol. The Bertz CT molecular complexity index is 1050. The molecule has 0 unspecified atom stereocenters. The monoisotopic (exact) mass is 586 g/mol. The van der Waals surface area contributed by atoms with E-state index in [0.717, 1.165) is 67.5 Å². The average Bonchev–Trinajstić information content (AvgIpc) is 2.99. The maximum Gasteiger partial charge on any atom is 0.142 e. The first kappa shape index (κ1) is 32.5. The van der Waals surface area contributed by atoms with Gasteiger partial charge in [-0.1, -0.05) is 25.1 Å². The second-order valence-corrected chi connectivity index (χ2v) is 11.5. The Balaban J connectivity index is 1.44. The molecule has 1 fully saturated rings. The zero-order valence-electron chi connectivity index (χ0n) is 25.8. The van der Waals surface area contributed by atoms with Crippen LogP contribution in [0.5, 0.6) is 11.5 Å². The molecule has 42 heavy (non-hydrogen) atoms. The van der Waals surface area contributed by atoms with Crippen molar-refractivity contribution in [3.8, 4) is 11.5 Å². The summed E-state index contributed by atoms with van der Waals surface area (Å²) in [5.74, 6) is 2.23. The van der Waals surface area contributed by atoms with E-state index in [1.807, 2.05) is 12.1 Å². The molecule has 234 valence electrons. The van der Waals surface area contributed by atoms with Gasteiger partial charge in [0.15, 0.2) is 0 Å². The summed E-state index contributed by atoms with van der Waals surface area (Å²) in [6.45, 7) is 10.7. The molecule has 5 atom stereocenters. The molecule has 2 aliphatic heterocycles. The van der Waals surface area contributed by atoms with Crippen LogP contribution in [-0.4, -0.2) is 96.9 Å². The Labute approximate surface area is 251 Å². The maximum absolute atomic E-state index is 9.91. The van der Waals surface area contributed by atoms with Crippen LogP contribution in [0.4, 0.5) is 5.69 Å². The van der Waals surface area contributed by atoms with Crippen LogP contribution < -0.4 is 19.7 Å². The van der Waals surface area contributed by atoms with Gasteiger partial charge in [-0.15, -0.1) is 0 Å². The lowest BCUT2D eigenvalue weighted by atomic mass is 9.85. The lowest BCUT2D eigenvalue weighted by Crippen LogP contribution is -2.51. The minimum absolute atomic E-state index is 0.00674. The standard InChI is InChI=1S/C33H50N2O7/c1-24(21-38-4)12-16-39-28-9-7-27(8-10-28)33-31(41-22-25(2)36)19-34-20-32(33)42-23-26-6-11-30-29(18-26)35(14-17-40-30)13-5-15-37-3/h6-11,18,24-25,31-34,36H,5,12-17,19-23H2,1-4H3/t24-,25+,31+,32-,33-/m0/s1. The summed E-state index contributed by atoms with van der Waals surface area (Å²) in [7, 11) is 3.47. The number of hydrogen-bond donors (Lipinski definition) is 2. The number of benzene rings is 2. The van der Waals surface area contributed by atoms with E-state index in [2.05, 4.69) is 47.5 Å². The molecular formula is C33H50N2O7. The first-order valence-corrected chi connectivity index (χ1v) is 15.3. The van der Waals surface area contributed by atoms with E-state index in [9.17, 15) is 5.11 Å². The van der Waals surface area contributed by atoms with Gasteiger partial charge < -0.3 is 43.7 Å². The molecule has 2 heterocycles. The highest BCUT2D eigenvalue weighted by atomic mass is 16.5. The minimum atomic E-state index is -0.534. The van der Waals surface area contributed by atoms with Gasteiger partial charge in [0.05, 0.1) is 50.4 Å². The summed E-state index contributed by atoms with van der Waals surface area (Å²) in [6, 6.07) is 14.6. The van der Waals surface area contributed by atoms with Crippen molar-refractivity contribution in [3.63, 3.8) is 0 Å². The Morgan fingerprint density at radius 3 is 2.50 bits per heavy atom. The van der Waals surface area contributed by atoms with E-state index < -0.39 is 6.10 Å². The number of methoxy groups -OCH3 is 2. The predicted octanol–water partition coefficient (Wildman–Crippen LogP) is 4.01. The number of hydrogen-bond acceptors (Lipinski definition) is 9. The first-order valence-electron chi connectivity index (χ1n) is 15.3. The van der Waals surface area contributed by atoms with Crippen LogP contribution in [0.1, 0.15) is 43.7 Å². The second-order valence-electron chi connectivity index (χ2n) is 11.5. The molecule has 0 amide bonds. The van der Waals surface area contributed by atoms with Crippen molar-refractivity contribution in [2.45, 2.75) is 57.5 Å². The number of nitrogens with zero attached hydrogens (tertiary/aromatic N) is 1. The lowest BCUT2D eigenvalue weighted by molar-refractivity contribution is -0.0752. The number of aliphatic hydroxyl groups excluding tert-OH is 1. The number of nitrogens with one attached hydrogen (secondary N) is 1. The number of ether oxygens (including phenoxy) is 6. The molecule has 0 spiro atoms. The van der Waals surface area contributed by atoms with Crippen molar-refractivity contribution in [2.75, 3.05) is 78.3 Å². The van der Waals surface area contributed by atoms with E-state index in [-0.39, 0.29) is 24.7 Å². The molecule has 9 nitrogen and oxygen atoms in total. The van der Waals surface area contributed by atoms with Gasteiger partial charge in [-0.2, -0.15) is 0 Å². The van der Waals surface area contributed by atoms with Gasteiger partial charge in [0, 0.05) is 53.0 Å². The summed E-state index contributed by atoms with van der Waals surface area (Å²) >= 11 is 0. The van der Waals surface area contributed by atoms with Crippen molar-refractivity contribution in [2.24, 2.45) is 5.92 Å². The highest BCUT2D eigenvalue weighted by molar-refractivity contribution is 5.61. The van der Waals surface area contributed by atoms with E-state index in [1.165, 1.54) is 0 Å². The molecule has 0 aromatic heterocycles. The molecule has 2 aromatic carbocycles. The van der Waals surface area contributed by atoms with E-state index >= 15 is 0 Å². The van der Waals surface area contributed by atoms with Gasteiger partial charge in [0.25, 0.3) is 0 Å². The third-order valence-electron chi connectivity index (χ3n) is 7.86. The SMILES string of the molecule is COCCCN1CCOc2ccc(CO[C@H]3CNC[C@@H](OC[C@@H](C)O)[C@@H]3c3ccc(OCC[C@H](C)COC)cc3)cc21. The molecule has 2 aliphatic rings. The Hall–Kier alpha value is -2.40. The normalized spacial score (nSPS) is 21.8. The third-order valence-corrected chi connectivity index (χ3v) is 7.86. The van der Waals surface area contributed by atoms with Crippen molar-refractivity contribution in [3.05, 3.63) is 53.6 Å². The van der Waals surface area contributed by atoms with Gasteiger partial charge in [-0.3, -0.25) is 0 Å². The number of rotatable bonds is 17. The molecule has 0 bridgehead atoms. The molecule has 2 N–H and O–H groups in total. The lowest BCUT2D eigenvalue weighted by Gasteiger charge is -2.39. The van der Waals surface area contributed by atoms with Crippen molar-refractivity contribution < 1.29 is 33.5 Å². The van der Waals surface area contributed by atoms with Crippen LogP contribution in [0, 0.1) is 5.92 Å². The zero-order chi connectivity index (χ0) is 29.7. The Morgan fingerprint density at radius 2 is 1.76 bits per heavy atom. The highest BCUT2D eigenvalue weighted by Crippen LogP contribution is 2.35. The fraction of sp³-hybridized carbons (Fsp3) is 0.636. The topological polar surface area (TPSA) is 90.9 Å². The van der Waals surface area contributed by atoms with Crippen molar-refractivity contribution in [1.82, 2.24) is 5.32 Å². The van der Waals surface area contributed by atoms with Crippen LogP contribution in [0.2, 0.25) is 0 Å². The molecule has 1 saturated heterocycles. The molecule has 4 rings (SSSR count). The van der Waals surface area contributed by atoms with Gasteiger partial charge in [-0.25, -0.2) is 0 Å². The van der Waals surface area contributed by atoms with Crippen LogP contribution in [-0.2, 0) is 25.6 Å². The van der Waals surface area contributed by atoms with E-state index in [4.69, 9.17) is 28.4 Å². The minimum Gasteiger partial charge on any atom is -0.494 e. The Kier molecular flexibility index (Phi) is 13.2. The van der Waals surface area contributed by atoms with Gasteiger partial charge >= 0.3 is 0 Å². The van der Waals surface area contributed by atoms with Gasteiger partial charge in [-0.05, 0) is 61.1 Å². The third kappa shape index (κ3) is 9.56. The second kappa shape index (κ2) is 17.0. The molecule has 0 aliphatic carbocycles. The quantitative estimate of drug-likeness (QED) is 0.267. The van der Waals surface area contributed by atoms with E-state index in [0.29, 0.717) is 38.8 Å². The van der Waals surface area contributed by atoms with Crippen LogP contribution in [0.25, 0.3) is 0 Å². The van der Waals surface area contributed by atoms with Gasteiger partial charge in [0.1, 0.15) is 18.1 Å². The summed E-state index contributed by atoms with van der Waals surface area (Å²) in [6.07, 6.45) is 1.14. The first-order chi connectivity index (χ1) is 20.5. The summed E-state index contributed by atoms with van der Waals surface area (Å²) in [5.41, 5.74) is 3.36. The van der Waals surface area contributed by atoms with Crippen LogP contribution in [0.15, 0.2) is 42.5 Å². The smallest absolute Gasteiger partial charge is 0.142 e. The average molecular weight is 587 g/mol. The molecule has 2 aromatic rings. The fourth-order valence-electron chi connectivity index (χ4n) is 5.65. The molecular weight excluding hydrogens is 536 g/mol. The maximum atomic E-state index is 9.91. The summed E-state index contributed by atoms with van der Waals surface area (Å²) in [5, 5.41) is 13.4. The number of fused-ring (bicyclic) bond motifs is 1. The summed E-state index contributed by atoms with van der Waals surface area (Å²) < 4.78 is 35.2. The number of aliphatic hydroxyl groups is 1. The zero-order valence-corrected chi connectivity index (χ0v) is 25.8. The largest absolute Gasteiger partial charge is 0.494 e. The molecule has 0 radical (unpaired) electrons. The van der Waals surface area contributed by atoms with Crippen LogP contribution in [0.3, 0.4) is 0 Å². The molecule has 9 heteroatoms. The van der Waals surface area contributed by atoms with Crippen molar-refractivity contribution >= 4 is 5.69 Å². The summed E-state index contributed by atoms with van der Waals surface area (Å²) in [4.78, 5) is 2.37. The number of anilines is 1.